The second-order valence-electron chi connectivity index (χ2n) is 6.25. The molecule has 0 saturated heterocycles. The number of hydrazone groups is 1. The largest absolute Gasteiger partial charge is 0.497 e. The molecule has 1 aromatic carbocycles. The number of allylic oxidation sites excluding steroid dienone is 1. The summed E-state index contributed by atoms with van der Waals surface area (Å²) in [6.07, 6.45) is 1.88. The van der Waals surface area contributed by atoms with Crippen LogP contribution in [0.1, 0.15) is 13.8 Å². The number of hydrogen-bond donors (Lipinski definition) is 1. The summed E-state index contributed by atoms with van der Waals surface area (Å²) in [5.41, 5.74) is 8.18. The maximum Gasteiger partial charge on any atom is 0.144 e. The first kappa shape index (κ1) is 19.6. The van der Waals surface area contributed by atoms with Crippen LogP contribution in [0.25, 0.3) is 0 Å². The number of hydrogen-bond acceptors (Lipinski definition) is 7. The molecule has 0 spiro atoms. The molecule has 8 heteroatoms. The second kappa shape index (κ2) is 7.28. The first-order chi connectivity index (χ1) is 11.9. The average Bonchev–Trinajstić information content (AvgIpc) is 2.60. The molecule has 2 heterocycles. The molecule has 2 N–H and O–H groups in total. The van der Waals surface area contributed by atoms with E-state index in [0.717, 1.165) is 5.57 Å². The zero-order chi connectivity index (χ0) is 18.2. The van der Waals surface area contributed by atoms with Crippen LogP contribution in [0.2, 0.25) is 0 Å². The predicted octanol–water partition coefficient (Wildman–Crippen LogP) is 2.73. The Balaban J connectivity index is 0.00000243. The van der Waals surface area contributed by atoms with Crippen molar-refractivity contribution in [2.24, 2.45) is 10.8 Å². The van der Waals surface area contributed by atoms with Crippen LogP contribution in [-0.4, -0.2) is 32.1 Å². The van der Waals surface area contributed by atoms with Crippen LogP contribution in [0.15, 0.2) is 46.3 Å². The molecule has 138 valence electrons. The van der Waals surface area contributed by atoms with Gasteiger partial charge in [0.15, 0.2) is 0 Å². The van der Waals surface area contributed by atoms with Gasteiger partial charge in [-0.3, -0.25) is 0 Å². The Morgan fingerprint density at radius 1 is 1.23 bits per heavy atom. The fourth-order valence-electron chi connectivity index (χ4n) is 2.75. The summed E-state index contributed by atoms with van der Waals surface area (Å²) >= 11 is 0. The van der Waals surface area contributed by atoms with Crippen molar-refractivity contribution in [2.45, 2.75) is 19.4 Å². The molecular weight excluding hydrogens is 356 g/mol. The number of nitrogens with zero attached hydrogens (tertiary/aromatic N) is 3. The minimum atomic E-state index is -0.474. The highest BCUT2D eigenvalue weighted by Gasteiger charge is 2.33. The highest BCUT2D eigenvalue weighted by Crippen LogP contribution is 2.35. The SMILES string of the molecule is COc1cc(OC)cc(N2N=C3COC(C)(C)C=C3C(C#N)=C2N)c1.Cl. The Hall–Kier alpha value is -2.69. The van der Waals surface area contributed by atoms with Crippen molar-refractivity contribution in [1.82, 2.24) is 0 Å². The highest BCUT2D eigenvalue weighted by molar-refractivity contribution is 6.08. The van der Waals surface area contributed by atoms with Gasteiger partial charge in [-0.2, -0.15) is 10.4 Å². The number of ether oxygens (including phenoxy) is 3. The summed E-state index contributed by atoms with van der Waals surface area (Å²) in [5.74, 6) is 1.46. The zero-order valence-corrected chi connectivity index (χ0v) is 15.9. The molecule has 2 aliphatic rings. The van der Waals surface area contributed by atoms with E-state index in [9.17, 15) is 5.26 Å². The number of rotatable bonds is 3. The molecule has 3 rings (SSSR count). The smallest absolute Gasteiger partial charge is 0.144 e. The number of nitriles is 1. The Morgan fingerprint density at radius 3 is 2.38 bits per heavy atom. The quantitative estimate of drug-likeness (QED) is 0.871. The Kier molecular flexibility index (Phi) is 5.50. The van der Waals surface area contributed by atoms with Gasteiger partial charge in [0, 0.05) is 23.8 Å². The third-order valence-electron chi connectivity index (χ3n) is 4.05. The number of fused-ring (bicyclic) bond motifs is 1. The van der Waals surface area contributed by atoms with Gasteiger partial charge in [-0.25, -0.2) is 5.01 Å². The second-order valence-corrected chi connectivity index (χ2v) is 6.25. The fourth-order valence-corrected chi connectivity index (χ4v) is 2.75. The molecule has 0 aliphatic carbocycles. The van der Waals surface area contributed by atoms with Crippen LogP contribution >= 0.6 is 12.4 Å². The molecule has 0 fully saturated rings. The van der Waals surface area contributed by atoms with Crippen LogP contribution in [0.3, 0.4) is 0 Å². The standard InChI is InChI=1S/C18H20N4O3.ClH/c1-18(2)8-14-15(9-19)17(20)22(21-16(14)10-25-18)11-5-12(23-3)7-13(6-11)24-4;/h5-8H,10,20H2,1-4H3;1H. The number of anilines is 1. The lowest BCUT2D eigenvalue weighted by Crippen LogP contribution is -2.39. The van der Waals surface area contributed by atoms with E-state index in [1.54, 1.807) is 32.4 Å². The molecule has 1 aromatic rings. The molecular formula is C18H21ClN4O3. The maximum absolute atomic E-state index is 9.64. The van der Waals surface area contributed by atoms with E-state index in [4.69, 9.17) is 19.9 Å². The van der Waals surface area contributed by atoms with Gasteiger partial charge in [0.05, 0.1) is 37.8 Å². The molecule has 0 unspecified atom stereocenters. The van der Waals surface area contributed by atoms with Crippen LogP contribution in [0, 0.1) is 11.3 Å². The molecule has 0 saturated carbocycles. The van der Waals surface area contributed by atoms with Crippen molar-refractivity contribution in [1.29, 1.82) is 5.26 Å². The lowest BCUT2D eigenvalue weighted by Gasteiger charge is -2.34. The van der Waals surface area contributed by atoms with Gasteiger partial charge >= 0.3 is 0 Å². The van der Waals surface area contributed by atoms with E-state index in [0.29, 0.717) is 35.1 Å². The van der Waals surface area contributed by atoms with E-state index in [-0.39, 0.29) is 18.2 Å². The molecule has 0 bridgehead atoms. The van der Waals surface area contributed by atoms with Crippen LogP contribution in [0.4, 0.5) is 5.69 Å². The van der Waals surface area contributed by atoms with Gasteiger partial charge < -0.3 is 19.9 Å². The van der Waals surface area contributed by atoms with Crippen LogP contribution in [0.5, 0.6) is 11.5 Å². The van der Waals surface area contributed by atoms with Gasteiger partial charge in [-0.1, -0.05) is 0 Å². The van der Waals surface area contributed by atoms with Crippen molar-refractivity contribution in [3.05, 3.63) is 41.2 Å². The highest BCUT2D eigenvalue weighted by atomic mass is 35.5. The van der Waals surface area contributed by atoms with E-state index < -0.39 is 5.60 Å². The van der Waals surface area contributed by atoms with Crippen molar-refractivity contribution in [2.75, 3.05) is 25.8 Å². The third-order valence-corrected chi connectivity index (χ3v) is 4.05. The van der Waals surface area contributed by atoms with E-state index in [1.807, 2.05) is 19.9 Å². The van der Waals surface area contributed by atoms with Gasteiger partial charge in [-0.15, -0.1) is 12.4 Å². The summed E-state index contributed by atoms with van der Waals surface area (Å²) in [6.45, 7) is 4.16. The summed E-state index contributed by atoms with van der Waals surface area (Å²) in [6, 6.07) is 7.50. The van der Waals surface area contributed by atoms with Gasteiger partial charge in [0.2, 0.25) is 0 Å². The Labute approximate surface area is 158 Å². The number of nitrogens with two attached hydrogens (primary N) is 1. The van der Waals surface area contributed by atoms with Gasteiger partial charge in [0.1, 0.15) is 29.0 Å². The van der Waals surface area contributed by atoms with Gasteiger partial charge in [-0.05, 0) is 19.9 Å². The van der Waals surface area contributed by atoms with Crippen LogP contribution in [-0.2, 0) is 4.74 Å². The lowest BCUT2D eigenvalue weighted by molar-refractivity contribution is 0.0409. The Morgan fingerprint density at radius 2 is 1.85 bits per heavy atom. The van der Waals surface area contributed by atoms with E-state index in [2.05, 4.69) is 11.2 Å². The monoisotopic (exact) mass is 376 g/mol. The molecule has 0 radical (unpaired) electrons. The minimum Gasteiger partial charge on any atom is -0.497 e. The molecule has 0 amide bonds. The summed E-state index contributed by atoms with van der Waals surface area (Å²) in [4.78, 5) is 0. The van der Waals surface area contributed by atoms with Crippen molar-refractivity contribution >= 4 is 23.8 Å². The normalized spacial score (nSPS) is 18.0. The van der Waals surface area contributed by atoms with Crippen molar-refractivity contribution < 1.29 is 14.2 Å². The van der Waals surface area contributed by atoms with Gasteiger partial charge in [0.25, 0.3) is 0 Å². The zero-order valence-electron chi connectivity index (χ0n) is 15.1. The lowest BCUT2D eigenvalue weighted by atomic mass is 9.92. The van der Waals surface area contributed by atoms with Crippen LogP contribution < -0.4 is 20.2 Å². The van der Waals surface area contributed by atoms with Crippen molar-refractivity contribution in [3.8, 4) is 17.6 Å². The topological polar surface area (TPSA) is 93.1 Å². The molecule has 0 atom stereocenters. The molecule has 7 nitrogen and oxygen atoms in total. The van der Waals surface area contributed by atoms with E-state index >= 15 is 0 Å². The minimum absolute atomic E-state index is 0. The number of methoxy groups -OCH3 is 2. The summed E-state index contributed by atoms with van der Waals surface area (Å²) in [5, 5.41) is 15.7. The molecule has 2 aliphatic heterocycles. The summed E-state index contributed by atoms with van der Waals surface area (Å²) in [7, 11) is 3.14. The number of benzene rings is 1. The fraction of sp³-hybridized carbons (Fsp3) is 0.333. The maximum atomic E-state index is 9.64. The predicted molar refractivity (Wildman–Crippen MR) is 102 cm³/mol. The Bertz CT molecular complexity index is 830. The third kappa shape index (κ3) is 3.47. The first-order valence-corrected chi connectivity index (χ1v) is 7.76. The summed E-state index contributed by atoms with van der Waals surface area (Å²) < 4.78 is 16.4. The molecule has 26 heavy (non-hydrogen) atoms. The van der Waals surface area contributed by atoms with E-state index in [1.165, 1.54) is 5.01 Å². The average molecular weight is 377 g/mol. The number of halogens is 1. The van der Waals surface area contributed by atoms with Crippen molar-refractivity contribution in [3.63, 3.8) is 0 Å². The molecule has 0 aromatic heterocycles. The first-order valence-electron chi connectivity index (χ1n) is 7.76.